The molecule has 0 saturated heterocycles. The monoisotopic (exact) mass is 524 g/mol. The van der Waals surface area contributed by atoms with Crippen LogP contribution in [0.2, 0.25) is 0 Å². The maximum Gasteiger partial charge on any atom is 0.311 e. The van der Waals surface area contributed by atoms with E-state index >= 15 is 0 Å². The Bertz CT molecular complexity index is 1360. The van der Waals surface area contributed by atoms with Crippen LogP contribution in [0, 0.1) is 12.8 Å². The van der Waals surface area contributed by atoms with Gasteiger partial charge in [-0.2, -0.15) is 4.31 Å². The van der Waals surface area contributed by atoms with Gasteiger partial charge in [-0.1, -0.05) is 31.0 Å². The number of rotatable bonds is 7. The standard InChI is InChI=1S/C29H36N2O5S/c1-20-18-21(24-10-6-8-12-26(24)30-20)19-35-22-14-16-23(17-15-22)37(33,34)31(5)27-13-9-7-11-25(27)28(32)36-29(2,3)4/h6,8,10,12,14-18,25,27H,7,9,11,13,19H2,1-5H3/t25-,27-/m0/s1. The molecule has 0 radical (unpaired) electrons. The smallest absolute Gasteiger partial charge is 0.311 e. The van der Waals surface area contributed by atoms with E-state index in [-0.39, 0.29) is 10.9 Å². The Labute approximate surface area is 219 Å². The van der Waals surface area contributed by atoms with E-state index in [1.165, 1.54) is 4.31 Å². The molecular formula is C29H36N2O5S. The van der Waals surface area contributed by atoms with Crippen LogP contribution in [0.25, 0.3) is 10.9 Å². The van der Waals surface area contributed by atoms with E-state index in [4.69, 9.17) is 9.47 Å². The highest BCUT2D eigenvalue weighted by Crippen LogP contribution is 2.33. The zero-order chi connectivity index (χ0) is 26.8. The van der Waals surface area contributed by atoms with Crippen molar-refractivity contribution in [1.82, 2.24) is 9.29 Å². The zero-order valence-electron chi connectivity index (χ0n) is 22.2. The number of nitrogens with zero attached hydrogens (tertiary/aromatic N) is 2. The number of benzene rings is 2. The molecule has 8 heteroatoms. The maximum absolute atomic E-state index is 13.5. The van der Waals surface area contributed by atoms with Gasteiger partial charge < -0.3 is 9.47 Å². The van der Waals surface area contributed by atoms with E-state index in [0.717, 1.165) is 35.0 Å². The first-order chi connectivity index (χ1) is 17.5. The number of fused-ring (bicyclic) bond motifs is 1. The first-order valence-corrected chi connectivity index (χ1v) is 14.2. The van der Waals surface area contributed by atoms with Crippen LogP contribution in [-0.2, 0) is 26.2 Å². The van der Waals surface area contributed by atoms with E-state index in [0.29, 0.717) is 25.2 Å². The van der Waals surface area contributed by atoms with Crippen molar-refractivity contribution in [3.63, 3.8) is 0 Å². The Kier molecular flexibility index (Phi) is 7.90. The molecule has 3 aromatic rings. The van der Waals surface area contributed by atoms with Crippen molar-refractivity contribution < 1.29 is 22.7 Å². The Balaban J connectivity index is 1.48. The average Bonchev–Trinajstić information content (AvgIpc) is 2.86. The molecule has 37 heavy (non-hydrogen) atoms. The molecule has 1 fully saturated rings. The molecule has 1 heterocycles. The molecule has 0 amide bonds. The van der Waals surface area contributed by atoms with Gasteiger partial charge in [0.25, 0.3) is 0 Å². The van der Waals surface area contributed by atoms with Gasteiger partial charge >= 0.3 is 5.97 Å². The summed E-state index contributed by atoms with van der Waals surface area (Å²) >= 11 is 0. The average molecular weight is 525 g/mol. The van der Waals surface area contributed by atoms with Crippen molar-refractivity contribution in [2.45, 2.75) is 76.5 Å². The minimum Gasteiger partial charge on any atom is -0.489 e. The summed E-state index contributed by atoms with van der Waals surface area (Å²) in [6, 6.07) is 15.9. The van der Waals surface area contributed by atoms with Crippen LogP contribution in [0.5, 0.6) is 5.75 Å². The molecule has 1 aromatic heterocycles. The number of hydrogen-bond acceptors (Lipinski definition) is 6. The van der Waals surface area contributed by atoms with Gasteiger partial charge in [0.1, 0.15) is 18.0 Å². The predicted octanol–water partition coefficient (Wildman–Crippen LogP) is 5.64. The Morgan fingerprint density at radius 1 is 1.05 bits per heavy atom. The summed E-state index contributed by atoms with van der Waals surface area (Å²) in [7, 11) is -2.25. The first kappa shape index (κ1) is 27.1. The number of sulfonamides is 1. The molecule has 0 aliphatic heterocycles. The summed E-state index contributed by atoms with van der Waals surface area (Å²) in [5, 5.41) is 1.03. The minimum atomic E-state index is -3.81. The van der Waals surface area contributed by atoms with Crippen molar-refractivity contribution in [1.29, 1.82) is 0 Å². The second kappa shape index (κ2) is 10.8. The number of aryl methyl sites for hydroxylation is 1. The maximum atomic E-state index is 13.5. The molecule has 2 atom stereocenters. The highest BCUT2D eigenvalue weighted by atomic mass is 32.2. The van der Waals surface area contributed by atoms with Gasteiger partial charge in [0.05, 0.1) is 16.3 Å². The van der Waals surface area contributed by atoms with Crippen LogP contribution in [0.3, 0.4) is 0 Å². The molecule has 0 N–H and O–H groups in total. The SMILES string of the molecule is Cc1cc(COc2ccc(S(=O)(=O)N(C)[C@H]3CCCC[C@@H]3C(=O)OC(C)(C)C)cc2)c2ccccc2n1. The lowest BCUT2D eigenvalue weighted by atomic mass is 9.84. The van der Waals surface area contributed by atoms with Crippen LogP contribution >= 0.6 is 0 Å². The van der Waals surface area contributed by atoms with Crippen molar-refractivity contribution in [3.05, 3.63) is 65.9 Å². The quantitative estimate of drug-likeness (QED) is 0.372. The second-order valence-electron chi connectivity index (χ2n) is 10.7. The molecule has 1 saturated carbocycles. The number of carbonyl (C=O) groups excluding carboxylic acids is 1. The number of aromatic nitrogens is 1. The van der Waals surface area contributed by atoms with Gasteiger partial charge in [0.15, 0.2) is 0 Å². The van der Waals surface area contributed by atoms with Crippen molar-refractivity contribution in [2.75, 3.05) is 7.05 Å². The van der Waals surface area contributed by atoms with E-state index in [2.05, 4.69) is 4.98 Å². The molecule has 0 bridgehead atoms. The summed E-state index contributed by atoms with van der Waals surface area (Å²) < 4.78 is 39.9. The minimum absolute atomic E-state index is 0.168. The van der Waals surface area contributed by atoms with Gasteiger partial charge in [0, 0.05) is 29.7 Å². The molecule has 1 aliphatic rings. The summed E-state index contributed by atoms with van der Waals surface area (Å²) in [5.41, 5.74) is 2.23. The summed E-state index contributed by atoms with van der Waals surface area (Å²) in [6.45, 7) is 7.77. The molecule has 7 nitrogen and oxygen atoms in total. The number of pyridine rings is 1. The lowest BCUT2D eigenvalue weighted by molar-refractivity contribution is -0.162. The van der Waals surface area contributed by atoms with Gasteiger partial charge in [-0.15, -0.1) is 0 Å². The Morgan fingerprint density at radius 2 is 1.73 bits per heavy atom. The summed E-state index contributed by atoms with van der Waals surface area (Å²) in [4.78, 5) is 17.6. The molecule has 0 unspecified atom stereocenters. The van der Waals surface area contributed by atoms with Crippen LogP contribution in [0.4, 0.5) is 0 Å². The summed E-state index contributed by atoms with van der Waals surface area (Å²) in [5.74, 6) is -0.236. The zero-order valence-corrected chi connectivity index (χ0v) is 23.0. The lowest BCUT2D eigenvalue weighted by Crippen LogP contribution is -2.47. The molecular weight excluding hydrogens is 488 g/mol. The molecule has 2 aromatic carbocycles. The number of ether oxygens (including phenoxy) is 2. The van der Waals surface area contributed by atoms with Crippen molar-refractivity contribution >= 4 is 26.9 Å². The number of esters is 1. The highest BCUT2D eigenvalue weighted by molar-refractivity contribution is 7.89. The number of carbonyl (C=O) groups is 1. The molecule has 198 valence electrons. The van der Waals surface area contributed by atoms with Gasteiger partial charge in [-0.3, -0.25) is 9.78 Å². The fourth-order valence-electron chi connectivity index (χ4n) is 4.93. The third-order valence-corrected chi connectivity index (χ3v) is 8.63. The fourth-order valence-corrected chi connectivity index (χ4v) is 6.35. The Hall–Kier alpha value is -2.97. The van der Waals surface area contributed by atoms with Crippen molar-refractivity contribution in [2.24, 2.45) is 5.92 Å². The largest absolute Gasteiger partial charge is 0.489 e. The lowest BCUT2D eigenvalue weighted by Gasteiger charge is -2.37. The van der Waals surface area contributed by atoms with Gasteiger partial charge in [0.2, 0.25) is 10.0 Å². The first-order valence-electron chi connectivity index (χ1n) is 12.7. The van der Waals surface area contributed by atoms with Gasteiger partial charge in [-0.05, 0) is 76.9 Å². The molecule has 1 aliphatic carbocycles. The van der Waals surface area contributed by atoms with E-state index in [9.17, 15) is 13.2 Å². The third-order valence-electron chi connectivity index (χ3n) is 6.73. The topological polar surface area (TPSA) is 85.8 Å². The number of para-hydroxylation sites is 1. The molecule has 0 spiro atoms. The fraction of sp³-hybridized carbons (Fsp3) is 0.448. The third kappa shape index (κ3) is 6.30. The van der Waals surface area contributed by atoms with Crippen LogP contribution in [0.15, 0.2) is 59.5 Å². The highest BCUT2D eigenvalue weighted by Gasteiger charge is 2.40. The van der Waals surface area contributed by atoms with Crippen molar-refractivity contribution in [3.8, 4) is 5.75 Å². The summed E-state index contributed by atoms with van der Waals surface area (Å²) in [6.07, 6.45) is 3.00. The van der Waals surface area contributed by atoms with Gasteiger partial charge in [-0.25, -0.2) is 8.42 Å². The van der Waals surface area contributed by atoms with Crippen LogP contribution in [-0.4, -0.2) is 42.4 Å². The normalized spacial score (nSPS) is 18.6. The second-order valence-corrected chi connectivity index (χ2v) is 12.7. The van der Waals surface area contributed by atoms with Crippen LogP contribution < -0.4 is 4.74 Å². The van der Waals surface area contributed by atoms with E-state index in [1.54, 1.807) is 31.3 Å². The Morgan fingerprint density at radius 3 is 2.43 bits per heavy atom. The molecule has 4 rings (SSSR count). The predicted molar refractivity (Wildman–Crippen MR) is 144 cm³/mol. The van der Waals surface area contributed by atoms with E-state index < -0.39 is 27.6 Å². The van der Waals surface area contributed by atoms with Crippen LogP contribution in [0.1, 0.15) is 57.7 Å². The van der Waals surface area contributed by atoms with E-state index in [1.807, 2.05) is 58.0 Å². The number of hydrogen-bond donors (Lipinski definition) is 0.